The van der Waals surface area contributed by atoms with Crippen LogP contribution in [0, 0.1) is 24.2 Å². The summed E-state index contributed by atoms with van der Waals surface area (Å²) in [5.41, 5.74) is 0.798. The number of likely N-dealkylation sites (tertiary alicyclic amines) is 1. The number of carboxylic acid groups (broad SMARTS) is 1. The van der Waals surface area contributed by atoms with Crippen LogP contribution in [0.15, 0.2) is 29.6 Å². The highest BCUT2D eigenvalue weighted by Crippen LogP contribution is 2.31. The maximum absolute atomic E-state index is 14.4. The van der Waals surface area contributed by atoms with Gasteiger partial charge in [-0.05, 0) is 83.1 Å². The van der Waals surface area contributed by atoms with Crippen LogP contribution in [0.2, 0.25) is 0 Å². The van der Waals surface area contributed by atoms with Crippen molar-refractivity contribution in [3.63, 3.8) is 0 Å². The summed E-state index contributed by atoms with van der Waals surface area (Å²) in [6, 6.07) is 5.24. The van der Waals surface area contributed by atoms with Gasteiger partial charge in [0, 0.05) is 37.5 Å². The first-order valence-corrected chi connectivity index (χ1v) is 20.7. The van der Waals surface area contributed by atoms with Gasteiger partial charge in [0.25, 0.3) is 5.91 Å². The number of aryl methyl sites for hydroxylation is 1. The predicted octanol–water partition coefficient (Wildman–Crippen LogP) is 6.52. The number of carboxylic acids is 1. The average Bonchev–Trinajstić information content (AvgIpc) is 3.63. The number of piperidine rings is 1. The van der Waals surface area contributed by atoms with Crippen LogP contribution in [0.5, 0.6) is 0 Å². The largest absolute Gasteiger partial charge is 0.481 e. The van der Waals surface area contributed by atoms with E-state index >= 15 is 0 Å². The minimum atomic E-state index is -1.10. The molecule has 0 bridgehead atoms. The van der Waals surface area contributed by atoms with E-state index in [1.807, 2.05) is 65.8 Å². The third-order valence-corrected chi connectivity index (χ3v) is 11.7. The van der Waals surface area contributed by atoms with E-state index in [9.17, 15) is 34.2 Å². The standard InChI is InChI=1S/C42H65N5O8S/c1-12-42(9,10)34(45-36(50)31-15-13-14-20-47(31)40(54)55-41(6,7)8)38(51)46(11)32(25(2)3)23-33(48)37-44-30(24-56-37)35(49)43-29(21-27(5)39(52)53)22-28-18-16-26(4)17-19-28/h16-19,24-25,27,29,31-34,48H,12-15,20-23H2,1-11H3,(H,43,49)(H,45,50)(H,52,53). The smallest absolute Gasteiger partial charge is 0.410 e. The fraction of sp³-hybridized carbons (Fsp3) is 0.667. The topological polar surface area (TPSA) is 178 Å². The van der Waals surface area contributed by atoms with Gasteiger partial charge in [0.15, 0.2) is 0 Å². The third-order valence-electron chi connectivity index (χ3n) is 10.8. The summed E-state index contributed by atoms with van der Waals surface area (Å²) in [5, 5.41) is 28.9. The van der Waals surface area contributed by atoms with E-state index in [1.165, 1.54) is 4.90 Å². The minimum Gasteiger partial charge on any atom is -0.481 e. The van der Waals surface area contributed by atoms with Gasteiger partial charge in [-0.3, -0.25) is 24.1 Å². The number of carbonyl (C=O) groups is 5. The van der Waals surface area contributed by atoms with Crippen molar-refractivity contribution in [1.82, 2.24) is 25.4 Å². The van der Waals surface area contributed by atoms with Gasteiger partial charge in [0.1, 0.15) is 34.5 Å². The Kier molecular flexibility index (Phi) is 16.5. The Balaban J connectivity index is 1.77. The van der Waals surface area contributed by atoms with E-state index in [-0.39, 0.29) is 30.4 Å². The van der Waals surface area contributed by atoms with E-state index in [0.29, 0.717) is 30.8 Å². The zero-order chi connectivity index (χ0) is 42.1. The van der Waals surface area contributed by atoms with Crippen LogP contribution in [0.3, 0.4) is 0 Å². The monoisotopic (exact) mass is 799 g/mol. The number of amides is 4. The number of likely N-dealkylation sites (N-methyl/N-ethyl adjacent to an activating group) is 1. The van der Waals surface area contributed by atoms with E-state index in [2.05, 4.69) is 15.6 Å². The molecule has 14 heteroatoms. The highest BCUT2D eigenvalue weighted by molar-refractivity contribution is 7.09. The summed E-state index contributed by atoms with van der Waals surface area (Å²) >= 11 is 1.14. The Morgan fingerprint density at radius 1 is 1.02 bits per heavy atom. The molecule has 1 aliphatic rings. The summed E-state index contributed by atoms with van der Waals surface area (Å²) in [5.74, 6) is -2.91. The summed E-state index contributed by atoms with van der Waals surface area (Å²) in [6.45, 7) is 19.0. The van der Waals surface area contributed by atoms with Gasteiger partial charge in [0.05, 0.1) is 5.92 Å². The minimum absolute atomic E-state index is 0.0952. The van der Waals surface area contributed by atoms with Crippen molar-refractivity contribution in [2.75, 3.05) is 13.6 Å². The number of thiazole rings is 1. The second-order valence-electron chi connectivity index (χ2n) is 17.4. The van der Waals surface area contributed by atoms with E-state index in [1.54, 1.807) is 45.0 Å². The number of nitrogens with one attached hydrogen (secondary N) is 2. The number of hydrogen-bond acceptors (Lipinski definition) is 9. The zero-order valence-corrected chi connectivity index (χ0v) is 36.0. The number of rotatable bonds is 17. The van der Waals surface area contributed by atoms with Crippen LogP contribution >= 0.6 is 11.3 Å². The van der Waals surface area contributed by atoms with Crippen LogP contribution in [0.1, 0.15) is 134 Å². The second-order valence-corrected chi connectivity index (χ2v) is 18.3. The quantitative estimate of drug-likeness (QED) is 0.139. The molecule has 0 radical (unpaired) electrons. The van der Waals surface area contributed by atoms with Gasteiger partial charge < -0.3 is 30.5 Å². The SMILES string of the molecule is CCC(C)(C)C(NC(=O)C1CCCCN1C(=O)OC(C)(C)C)C(=O)N(C)C(CC(O)c1nc(C(=O)NC(Cc2ccc(C)cc2)CC(C)C(=O)O)cs1)C(C)C. The molecule has 0 saturated carbocycles. The van der Waals surface area contributed by atoms with Crippen LogP contribution in [0.4, 0.5) is 4.79 Å². The average molecular weight is 800 g/mol. The molecule has 0 aliphatic carbocycles. The number of hydrogen-bond donors (Lipinski definition) is 4. The maximum Gasteiger partial charge on any atom is 0.410 e. The van der Waals surface area contributed by atoms with E-state index < -0.39 is 71.1 Å². The molecule has 1 aromatic heterocycles. The normalized spacial score (nSPS) is 17.7. The molecule has 2 aromatic rings. The molecule has 4 N–H and O–H groups in total. The van der Waals surface area contributed by atoms with Crippen LogP contribution in [-0.4, -0.2) is 98.1 Å². The molecule has 1 fully saturated rings. The number of aliphatic hydroxyl groups is 1. The first-order valence-electron chi connectivity index (χ1n) is 19.8. The van der Waals surface area contributed by atoms with Crippen molar-refractivity contribution in [2.45, 2.75) is 150 Å². The van der Waals surface area contributed by atoms with Crippen molar-refractivity contribution in [3.8, 4) is 0 Å². The Labute approximate surface area is 337 Å². The van der Waals surface area contributed by atoms with Crippen LogP contribution < -0.4 is 10.6 Å². The lowest BCUT2D eigenvalue weighted by Gasteiger charge is -2.41. The number of aliphatic hydroxyl groups excluding tert-OH is 1. The Morgan fingerprint density at radius 2 is 1.66 bits per heavy atom. The van der Waals surface area contributed by atoms with Gasteiger partial charge in [-0.25, -0.2) is 9.78 Å². The summed E-state index contributed by atoms with van der Waals surface area (Å²) in [6.07, 6.45) is 1.69. The lowest BCUT2D eigenvalue weighted by Crippen LogP contribution is -2.61. The highest BCUT2D eigenvalue weighted by Gasteiger charge is 2.43. The van der Waals surface area contributed by atoms with Crippen LogP contribution in [-0.2, 0) is 25.5 Å². The van der Waals surface area contributed by atoms with Gasteiger partial charge in [-0.15, -0.1) is 11.3 Å². The van der Waals surface area contributed by atoms with Crippen molar-refractivity contribution in [2.24, 2.45) is 17.3 Å². The highest BCUT2D eigenvalue weighted by atomic mass is 32.1. The Hall–Kier alpha value is -4.04. The molecule has 2 heterocycles. The number of ether oxygens (including phenoxy) is 1. The molecule has 1 aromatic carbocycles. The summed E-state index contributed by atoms with van der Waals surface area (Å²) < 4.78 is 5.61. The van der Waals surface area contributed by atoms with Crippen molar-refractivity contribution in [1.29, 1.82) is 0 Å². The molecule has 6 unspecified atom stereocenters. The predicted molar refractivity (Wildman–Crippen MR) is 217 cm³/mol. The summed E-state index contributed by atoms with van der Waals surface area (Å²) in [7, 11) is 1.67. The fourth-order valence-electron chi connectivity index (χ4n) is 6.89. The molecule has 1 aliphatic heterocycles. The number of aromatic nitrogens is 1. The fourth-order valence-corrected chi connectivity index (χ4v) is 7.68. The van der Waals surface area contributed by atoms with Crippen molar-refractivity contribution < 1.29 is 38.9 Å². The lowest BCUT2D eigenvalue weighted by atomic mass is 9.80. The first kappa shape index (κ1) is 46.3. The Morgan fingerprint density at radius 3 is 2.23 bits per heavy atom. The lowest BCUT2D eigenvalue weighted by molar-refractivity contribution is -0.143. The molecule has 1 saturated heterocycles. The molecule has 312 valence electrons. The van der Waals surface area contributed by atoms with Gasteiger partial charge >= 0.3 is 12.1 Å². The third kappa shape index (κ3) is 13.0. The molecule has 56 heavy (non-hydrogen) atoms. The molecule has 13 nitrogen and oxygen atoms in total. The molecule has 4 amide bonds. The molecule has 6 atom stereocenters. The van der Waals surface area contributed by atoms with Crippen molar-refractivity contribution in [3.05, 3.63) is 51.5 Å². The van der Waals surface area contributed by atoms with Gasteiger partial charge in [0.2, 0.25) is 11.8 Å². The van der Waals surface area contributed by atoms with E-state index in [0.717, 1.165) is 35.3 Å². The Bertz CT molecular complexity index is 1650. The molecule has 3 rings (SSSR count). The first-order chi connectivity index (χ1) is 26.0. The number of nitrogens with zero attached hydrogens (tertiary/aromatic N) is 3. The maximum atomic E-state index is 14.4. The van der Waals surface area contributed by atoms with Crippen molar-refractivity contribution >= 4 is 41.1 Å². The van der Waals surface area contributed by atoms with Gasteiger partial charge in [-0.2, -0.15) is 0 Å². The van der Waals surface area contributed by atoms with Gasteiger partial charge in [-0.1, -0.05) is 71.4 Å². The second kappa shape index (κ2) is 19.9. The number of benzene rings is 1. The zero-order valence-electron chi connectivity index (χ0n) is 35.2. The summed E-state index contributed by atoms with van der Waals surface area (Å²) in [4.78, 5) is 74.0. The van der Waals surface area contributed by atoms with Crippen LogP contribution in [0.25, 0.3) is 0 Å². The number of aliphatic carboxylic acids is 1. The molecular formula is C42H65N5O8S. The number of carbonyl (C=O) groups excluding carboxylic acids is 4. The van der Waals surface area contributed by atoms with E-state index in [4.69, 9.17) is 4.74 Å². The molecule has 0 spiro atoms. The molecular weight excluding hydrogens is 735 g/mol.